The molecule has 4 aromatic rings. The number of hydrogen-bond acceptors (Lipinski definition) is 7. The van der Waals surface area contributed by atoms with Crippen LogP contribution in [0.4, 0.5) is 8.78 Å². The summed E-state index contributed by atoms with van der Waals surface area (Å²) in [5.41, 5.74) is 0.633. The summed E-state index contributed by atoms with van der Waals surface area (Å²) in [7, 11) is 1.57. The highest BCUT2D eigenvalue weighted by Crippen LogP contribution is 2.50. The SMILES string of the molecule is COc1cc(-c2ccc3cc(C(=O)NC4(C(=O)CC5(C#N)CC5)CCC(F)(F)CC4)oc3c2)ccc1-n1ncnc1C. The van der Waals surface area contributed by atoms with Crippen LogP contribution < -0.4 is 10.1 Å². The second kappa shape index (κ2) is 10.0. The van der Waals surface area contributed by atoms with E-state index in [2.05, 4.69) is 21.5 Å². The summed E-state index contributed by atoms with van der Waals surface area (Å²) in [5.74, 6) is -2.64. The molecule has 0 radical (unpaired) electrons. The maximum atomic E-state index is 14.1. The Labute approximate surface area is 240 Å². The van der Waals surface area contributed by atoms with Crippen molar-refractivity contribution in [1.29, 1.82) is 5.26 Å². The number of nitrogens with zero attached hydrogens (tertiary/aromatic N) is 4. The molecule has 0 atom stereocenters. The predicted molar refractivity (Wildman–Crippen MR) is 148 cm³/mol. The molecular weight excluding hydrogens is 544 g/mol. The van der Waals surface area contributed by atoms with Gasteiger partial charge in [-0.15, -0.1) is 0 Å². The molecule has 0 saturated heterocycles. The van der Waals surface area contributed by atoms with Gasteiger partial charge in [0.2, 0.25) is 5.92 Å². The van der Waals surface area contributed by atoms with Crippen LogP contribution in [0.2, 0.25) is 0 Å². The van der Waals surface area contributed by atoms with Crippen LogP contribution in [0.5, 0.6) is 5.75 Å². The van der Waals surface area contributed by atoms with Gasteiger partial charge in [0.25, 0.3) is 5.91 Å². The van der Waals surface area contributed by atoms with Gasteiger partial charge in [-0.1, -0.05) is 18.2 Å². The largest absolute Gasteiger partial charge is 0.494 e. The van der Waals surface area contributed by atoms with Crippen LogP contribution in [0.15, 0.2) is 53.2 Å². The van der Waals surface area contributed by atoms with Gasteiger partial charge in [-0.25, -0.2) is 18.4 Å². The Balaban J connectivity index is 1.26. The van der Waals surface area contributed by atoms with E-state index in [1.807, 2.05) is 37.3 Å². The number of ether oxygens (including phenoxy) is 1. The lowest BCUT2D eigenvalue weighted by Gasteiger charge is -2.39. The van der Waals surface area contributed by atoms with Gasteiger partial charge in [0.15, 0.2) is 11.5 Å². The molecule has 2 aromatic carbocycles. The zero-order valence-electron chi connectivity index (χ0n) is 23.2. The monoisotopic (exact) mass is 573 g/mol. The lowest BCUT2D eigenvalue weighted by Crippen LogP contribution is -2.58. The number of alkyl halides is 2. The number of methoxy groups -OCH3 is 1. The van der Waals surface area contributed by atoms with Crippen LogP contribution in [0.25, 0.3) is 27.8 Å². The first kappa shape index (κ1) is 27.6. The number of benzene rings is 2. The first-order chi connectivity index (χ1) is 20.1. The number of amides is 1. The summed E-state index contributed by atoms with van der Waals surface area (Å²) in [4.78, 5) is 30.9. The van der Waals surface area contributed by atoms with Gasteiger partial charge in [-0.2, -0.15) is 10.4 Å². The minimum atomic E-state index is -2.90. The smallest absolute Gasteiger partial charge is 0.287 e. The second-order valence-corrected chi connectivity index (χ2v) is 11.4. The highest BCUT2D eigenvalue weighted by atomic mass is 19.3. The predicted octanol–water partition coefficient (Wildman–Crippen LogP) is 5.94. The summed E-state index contributed by atoms with van der Waals surface area (Å²) >= 11 is 0. The highest BCUT2D eigenvalue weighted by Gasteiger charge is 2.53. The number of fused-ring (bicyclic) bond motifs is 1. The number of hydrogen-bond donors (Lipinski definition) is 1. The Morgan fingerprint density at radius 1 is 1.07 bits per heavy atom. The number of Topliss-reactive ketones (excluding diaryl/α,β-unsaturated/α-hetero) is 1. The number of carbonyl (C=O) groups excluding carboxylic acids is 2. The minimum absolute atomic E-state index is 0.0253. The van der Waals surface area contributed by atoms with Gasteiger partial charge in [-0.05, 0) is 68.0 Å². The summed E-state index contributed by atoms with van der Waals surface area (Å²) in [6, 6.07) is 14.9. The van der Waals surface area contributed by atoms with E-state index in [1.54, 1.807) is 23.9 Å². The van der Waals surface area contributed by atoms with E-state index in [0.717, 1.165) is 16.8 Å². The summed E-state index contributed by atoms with van der Waals surface area (Å²) in [5, 5.41) is 17.1. The Kier molecular flexibility index (Phi) is 6.60. The standard InChI is InChI=1S/C31H29F2N5O4/c1-19-35-18-36-38(19)23-6-5-21(14-25(23)41-2)20-3-4-22-15-26(42-24(22)13-20)28(40)37-30(9-11-31(32,33)12-10-30)27(39)16-29(17-34)7-8-29/h3-6,13-15,18H,7-12,16H2,1-2H3,(H,37,40). The van der Waals surface area contributed by atoms with Crippen molar-refractivity contribution in [3.8, 4) is 28.6 Å². The van der Waals surface area contributed by atoms with Crippen molar-refractivity contribution >= 4 is 22.7 Å². The molecule has 1 amide bonds. The fourth-order valence-electron chi connectivity index (χ4n) is 5.64. The highest BCUT2D eigenvalue weighted by molar-refractivity contribution is 6.01. The number of rotatable bonds is 8. The second-order valence-electron chi connectivity index (χ2n) is 11.4. The Morgan fingerprint density at radius 2 is 1.79 bits per heavy atom. The van der Waals surface area contributed by atoms with Crippen LogP contribution >= 0.6 is 0 Å². The average molecular weight is 574 g/mol. The lowest BCUT2D eigenvalue weighted by atomic mass is 9.74. The van der Waals surface area contributed by atoms with Gasteiger partial charge >= 0.3 is 0 Å². The quantitative estimate of drug-likeness (QED) is 0.277. The summed E-state index contributed by atoms with van der Waals surface area (Å²) < 4.78 is 41.3. The van der Waals surface area contributed by atoms with Crippen molar-refractivity contribution in [2.24, 2.45) is 5.41 Å². The van der Waals surface area contributed by atoms with Gasteiger partial charge in [0, 0.05) is 24.6 Å². The van der Waals surface area contributed by atoms with Crippen LogP contribution in [0, 0.1) is 23.7 Å². The molecule has 2 fully saturated rings. The van der Waals surface area contributed by atoms with E-state index in [-0.39, 0.29) is 30.8 Å². The van der Waals surface area contributed by atoms with Crippen molar-refractivity contribution in [1.82, 2.24) is 20.1 Å². The summed E-state index contributed by atoms with van der Waals surface area (Å²) in [6.07, 6.45) is 1.19. The van der Waals surface area contributed by atoms with E-state index < -0.39 is 35.6 Å². The van der Waals surface area contributed by atoms with Gasteiger partial charge in [0.1, 0.15) is 29.2 Å². The van der Waals surface area contributed by atoms with Crippen molar-refractivity contribution in [3.63, 3.8) is 0 Å². The third-order valence-electron chi connectivity index (χ3n) is 8.51. The Bertz CT molecular complexity index is 1740. The minimum Gasteiger partial charge on any atom is -0.494 e. The van der Waals surface area contributed by atoms with Crippen molar-refractivity contribution in [3.05, 3.63) is 60.4 Å². The molecule has 0 bridgehead atoms. The molecule has 1 N–H and O–H groups in total. The molecule has 2 aliphatic carbocycles. The van der Waals surface area contributed by atoms with E-state index in [1.165, 1.54) is 6.33 Å². The normalized spacial score (nSPS) is 18.3. The van der Waals surface area contributed by atoms with Crippen molar-refractivity contribution < 1.29 is 27.5 Å². The molecule has 2 aliphatic rings. The van der Waals surface area contributed by atoms with E-state index >= 15 is 0 Å². The number of ketones is 1. The first-order valence-corrected chi connectivity index (χ1v) is 13.8. The zero-order valence-corrected chi connectivity index (χ0v) is 23.2. The molecule has 0 aliphatic heterocycles. The first-order valence-electron chi connectivity index (χ1n) is 13.8. The topological polar surface area (TPSA) is 123 Å². The number of halogens is 2. The molecule has 0 spiro atoms. The maximum Gasteiger partial charge on any atom is 0.287 e. The van der Waals surface area contributed by atoms with Crippen LogP contribution in [-0.2, 0) is 4.79 Å². The van der Waals surface area contributed by atoms with Gasteiger partial charge in [0.05, 0.1) is 24.1 Å². The molecule has 6 rings (SSSR count). The van der Waals surface area contributed by atoms with Gasteiger partial charge < -0.3 is 14.5 Å². The lowest BCUT2D eigenvalue weighted by molar-refractivity contribution is -0.131. The average Bonchev–Trinajstić information content (AvgIpc) is 3.40. The molecule has 2 aromatic heterocycles. The third-order valence-corrected chi connectivity index (χ3v) is 8.51. The van der Waals surface area contributed by atoms with Crippen LogP contribution in [0.1, 0.15) is 61.3 Å². The maximum absolute atomic E-state index is 14.1. The van der Waals surface area contributed by atoms with E-state index in [9.17, 15) is 23.6 Å². The number of nitrogens with one attached hydrogen (secondary N) is 1. The van der Waals surface area contributed by atoms with Crippen molar-refractivity contribution in [2.75, 3.05) is 7.11 Å². The number of carbonyl (C=O) groups is 2. The molecule has 9 nitrogen and oxygen atoms in total. The van der Waals surface area contributed by atoms with E-state index in [4.69, 9.17) is 9.15 Å². The van der Waals surface area contributed by atoms with Crippen LogP contribution in [-0.4, -0.2) is 45.0 Å². The molecular formula is C31H29F2N5O4. The Hall–Kier alpha value is -4.59. The van der Waals surface area contributed by atoms with Gasteiger partial charge in [-0.3, -0.25) is 9.59 Å². The molecule has 0 unspecified atom stereocenters. The Morgan fingerprint density at radius 3 is 2.43 bits per heavy atom. The molecule has 42 heavy (non-hydrogen) atoms. The summed E-state index contributed by atoms with van der Waals surface area (Å²) in [6.45, 7) is 1.84. The van der Waals surface area contributed by atoms with Crippen molar-refractivity contribution in [2.45, 2.75) is 63.3 Å². The fraction of sp³-hybridized carbons (Fsp3) is 0.387. The number of aryl methyl sites for hydroxylation is 1. The molecule has 216 valence electrons. The number of furan rings is 1. The fourth-order valence-corrected chi connectivity index (χ4v) is 5.64. The van der Waals surface area contributed by atoms with Crippen LogP contribution in [0.3, 0.4) is 0 Å². The third kappa shape index (κ3) is 5.02. The molecule has 2 heterocycles. The molecule has 2 saturated carbocycles. The number of nitriles is 1. The number of aromatic nitrogens is 3. The zero-order chi connectivity index (χ0) is 29.7. The van der Waals surface area contributed by atoms with E-state index in [0.29, 0.717) is 35.4 Å². The molecule has 11 heteroatoms.